The Morgan fingerprint density at radius 3 is 2.65 bits per heavy atom. The van der Waals surface area contributed by atoms with Gasteiger partial charge in [-0.3, -0.25) is 9.89 Å². The lowest BCUT2D eigenvalue weighted by Crippen LogP contribution is -2.32. The second-order valence-electron chi connectivity index (χ2n) is 5.10. The number of guanidine groups is 1. The molecule has 2 heterocycles. The van der Waals surface area contributed by atoms with Gasteiger partial charge in [-0.1, -0.05) is 43.2 Å². The molecule has 0 radical (unpaired) electrons. The van der Waals surface area contributed by atoms with E-state index in [0.717, 1.165) is 44.3 Å². The summed E-state index contributed by atoms with van der Waals surface area (Å²) in [6.45, 7) is 1.62. The van der Waals surface area contributed by atoms with Crippen molar-refractivity contribution in [2.24, 2.45) is 4.99 Å². The summed E-state index contributed by atoms with van der Waals surface area (Å²) < 4.78 is 3.30. The third-order valence-electron chi connectivity index (χ3n) is 3.51. The molecule has 0 bridgehead atoms. The first-order valence-electron chi connectivity index (χ1n) is 7.10. The van der Waals surface area contributed by atoms with E-state index in [-0.39, 0.29) is 0 Å². The fraction of sp³-hybridized carbons (Fsp3) is 0.125. The molecule has 0 unspecified atom stereocenters. The Hall–Kier alpha value is -1.44. The second kappa shape index (κ2) is 6.22. The SMILES string of the molecule is Brc1ccc(NC2=NCCN2c2nc3ccc(Br)cc3s2)cc1. The van der Waals surface area contributed by atoms with Crippen molar-refractivity contribution in [2.75, 3.05) is 23.3 Å². The van der Waals surface area contributed by atoms with E-state index < -0.39 is 0 Å². The van der Waals surface area contributed by atoms with Gasteiger partial charge < -0.3 is 5.32 Å². The van der Waals surface area contributed by atoms with Crippen molar-refractivity contribution in [2.45, 2.75) is 0 Å². The third kappa shape index (κ3) is 3.13. The van der Waals surface area contributed by atoms with Gasteiger partial charge in [-0.2, -0.15) is 0 Å². The molecule has 0 saturated heterocycles. The maximum Gasteiger partial charge on any atom is 0.204 e. The van der Waals surface area contributed by atoms with E-state index >= 15 is 0 Å². The van der Waals surface area contributed by atoms with Crippen LogP contribution >= 0.6 is 43.2 Å². The first-order chi connectivity index (χ1) is 11.2. The first-order valence-corrected chi connectivity index (χ1v) is 9.50. The van der Waals surface area contributed by atoms with Gasteiger partial charge in [0.05, 0.1) is 16.8 Å². The molecule has 1 aliphatic rings. The predicted octanol–water partition coefficient (Wildman–Crippen LogP) is 5.11. The van der Waals surface area contributed by atoms with E-state index in [1.165, 1.54) is 4.70 Å². The van der Waals surface area contributed by atoms with Crippen molar-refractivity contribution in [3.05, 3.63) is 51.4 Å². The van der Waals surface area contributed by atoms with Crippen molar-refractivity contribution in [3.8, 4) is 0 Å². The number of aliphatic imine (C=N–C) groups is 1. The molecule has 1 aliphatic heterocycles. The van der Waals surface area contributed by atoms with E-state index in [1.807, 2.05) is 36.4 Å². The molecule has 1 N–H and O–H groups in total. The molecule has 3 aromatic rings. The van der Waals surface area contributed by atoms with E-state index in [9.17, 15) is 0 Å². The van der Waals surface area contributed by atoms with Crippen LogP contribution < -0.4 is 10.2 Å². The van der Waals surface area contributed by atoms with Gasteiger partial charge in [0.2, 0.25) is 5.96 Å². The number of hydrogen-bond donors (Lipinski definition) is 1. The third-order valence-corrected chi connectivity index (χ3v) is 5.57. The van der Waals surface area contributed by atoms with Crippen LogP contribution in [0.1, 0.15) is 0 Å². The highest BCUT2D eigenvalue weighted by Gasteiger charge is 2.22. The zero-order chi connectivity index (χ0) is 15.8. The quantitative estimate of drug-likeness (QED) is 0.588. The van der Waals surface area contributed by atoms with Crippen molar-refractivity contribution >= 4 is 70.2 Å². The normalized spacial score (nSPS) is 14.3. The van der Waals surface area contributed by atoms with Crippen LogP contribution in [0.15, 0.2) is 56.4 Å². The summed E-state index contributed by atoms with van der Waals surface area (Å²) >= 11 is 8.65. The van der Waals surface area contributed by atoms with E-state index in [1.54, 1.807) is 11.3 Å². The Labute approximate surface area is 154 Å². The van der Waals surface area contributed by atoms with Gasteiger partial charge in [0, 0.05) is 21.2 Å². The summed E-state index contributed by atoms with van der Waals surface area (Å²) in [5.41, 5.74) is 2.03. The van der Waals surface area contributed by atoms with Gasteiger partial charge in [-0.05, 0) is 42.5 Å². The molecule has 2 aromatic carbocycles. The van der Waals surface area contributed by atoms with Gasteiger partial charge in [0.25, 0.3) is 0 Å². The molecule has 4 rings (SSSR count). The van der Waals surface area contributed by atoms with E-state index in [0.29, 0.717) is 0 Å². The molecule has 0 amide bonds. The number of aromatic nitrogens is 1. The number of halogens is 2. The zero-order valence-electron chi connectivity index (χ0n) is 12.0. The molecule has 116 valence electrons. The van der Waals surface area contributed by atoms with Crippen LogP contribution in [-0.4, -0.2) is 24.0 Å². The van der Waals surface area contributed by atoms with Crippen LogP contribution in [0.5, 0.6) is 0 Å². The number of thiazole rings is 1. The molecule has 1 aromatic heterocycles. The van der Waals surface area contributed by atoms with Gasteiger partial charge >= 0.3 is 0 Å². The Balaban J connectivity index is 1.62. The van der Waals surface area contributed by atoms with Crippen LogP contribution in [0.2, 0.25) is 0 Å². The zero-order valence-corrected chi connectivity index (χ0v) is 15.9. The monoisotopic (exact) mass is 450 g/mol. The topological polar surface area (TPSA) is 40.5 Å². The summed E-state index contributed by atoms with van der Waals surface area (Å²) in [5, 5.41) is 4.36. The number of anilines is 2. The van der Waals surface area contributed by atoms with Crippen molar-refractivity contribution in [3.63, 3.8) is 0 Å². The Bertz CT molecular complexity index is 889. The number of nitrogens with one attached hydrogen (secondary N) is 1. The lowest BCUT2D eigenvalue weighted by Gasteiger charge is -2.18. The number of hydrogen-bond acceptors (Lipinski definition) is 5. The average molecular weight is 452 g/mol. The molecule has 0 atom stereocenters. The van der Waals surface area contributed by atoms with Crippen molar-refractivity contribution in [1.82, 2.24) is 4.98 Å². The Morgan fingerprint density at radius 2 is 1.83 bits per heavy atom. The molecular weight excluding hydrogens is 440 g/mol. The van der Waals surface area contributed by atoms with Crippen LogP contribution in [-0.2, 0) is 0 Å². The Kier molecular flexibility index (Phi) is 4.09. The molecule has 0 spiro atoms. The summed E-state index contributed by atoms with van der Waals surface area (Å²) in [5.74, 6) is 0.852. The fourth-order valence-corrected chi connectivity index (χ4v) is 4.21. The average Bonchev–Trinajstić information content (AvgIpc) is 3.15. The minimum atomic E-state index is 0.776. The summed E-state index contributed by atoms with van der Waals surface area (Å²) in [6.07, 6.45) is 0. The number of nitrogens with zero attached hydrogens (tertiary/aromatic N) is 3. The molecule has 0 fully saturated rings. The number of fused-ring (bicyclic) bond motifs is 1. The van der Waals surface area contributed by atoms with E-state index in [4.69, 9.17) is 4.98 Å². The van der Waals surface area contributed by atoms with Crippen LogP contribution in [0, 0.1) is 0 Å². The molecule has 4 nitrogen and oxygen atoms in total. The van der Waals surface area contributed by atoms with Gasteiger partial charge in [0.1, 0.15) is 0 Å². The Morgan fingerprint density at radius 1 is 1.04 bits per heavy atom. The summed E-state index contributed by atoms with van der Waals surface area (Å²) in [7, 11) is 0. The molecular formula is C16H12Br2N4S. The minimum absolute atomic E-state index is 0.776. The van der Waals surface area contributed by atoms with E-state index in [2.05, 4.69) is 53.1 Å². The first kappa shape index (κ1) is 15.1. The lowest BCUT2D eigenvalue weighted by molar-refractivity contribution is 1.02. The predicted molar refractivity (Wildman–Crippen MR) is 105 cm³/mol. The highest BCUT2D eigenvalue weighted by Crippen LogP contribution is 2.32. The molecule has 0 saturated carbocycles. The van der Waals surface area contributed by atoms with Gasteiger partial charge in [0.15, 0.2) is 5.13 Å². The summed E-state index contributed by atoms with van der Waals surface area (Å²) in [6, 6.07) is 14.2. The van der Waals surface area contributed by atoms with Crippen molar-refractivity contribution < 1.29 is 0 Å². The smallest absolute Gasteiger partial charge is 0.204 e. The fourth-order valence-electron chi connectivity index (χ4n) is 2.40. The van der Waals surface area contributed by atoms with Crippen LogP contribution in [0.25, 0.3) is 10.2 Å². The van der Waals surface area contributed by atoms with Crippen LogP contribution in [0.4, 0.5) is 10.8 Å². The highest BCUT2D eigenvalue weighted by atomic mass is 79.9. The maximum atomic E-state index is 4.74. The molecule has 23 heavy (non-hydrogen) atoms. The van der Waals surface area contributed by atoms with Crippen molar-refractivity contribution in [1.29, 1.82) is 0 Å². The lowest BCUT2D eigenvalue weighted by atomic mass is 10.3. The number of rotatable bonds is 2. The van der Waals surface area contributed by atoms with Crippen LogP contribution in [0.3, 0.4) is 0 Å². The van der Waals surface area contributed by atoms with Gasteiger partial charge in [-0.15, -0.1) is 0 Å². The largest absolute Gasteiger partial charge is 0.326 e. The van der Waals surface area contributed by atoms with Gasteiger partial charge in [-0.25, -0.2) is 4.98 Å². The minimum Gasteiger partial charge on any atom is -0.326 e. The molecule has 0 aliphatic carbocycles. The maximum absolute atomic E-state index is 4.74. The second-order valence-corrected chi connectivity index (χ2v) is 7.94. The molecule has 7 heteroatoms. The number of benzene rings is 2. The highest BCUT2D eigenvalue weighted by molar-refractivity contribution is 9.10. The standard InChI is InChI=1S/C16H12Br2N4S/c17-10-1-4-12(5-2-10)20-15-19-7-8-22(15)16-21-13-6-3-11(18)9-14(13)23-16/h1-6,9H,7-8H2,(H,19,20). The summed E-state index contributed by atoms with van der Waals surface area (Å²) in [4.78, 5) is 11.5.